The van der Waals surface area contributed by atoms with Crippen LogP contribution in [-0.4, -0.2) is 84.7 Å². The maximum atomic E-state index is 13.7. The van der Waals surface area contributed by atoms with Crippen LogP contribution in [0.3, 0.4) is 0 Å². The molecule has 3 N–H and O–H groups in total. The van der Waals surface area contributed by atoms with E-state index in [4.69, 9.17) is 15.2 Å². The Labute approximate surface area is 225 Å². The van der Waals surface area contributed by atoms with Crippen molar-refractivity contribution < 1.29 is 19.1 Å². The minimum absolute atomic E-state index is 0.0800. The molecule has 4 rings (SSSR count). The number of nitrogens with zero attached hydrogens (tertiary/aromatic N) is 3. The van der Waals surface area contributed by atoms with Crippen LogP contribution < -0.4 is 15.8 Å². The van der Waals surface area contributed by atoms with E-state index in [-0.39, 0.29) is 29.9 Å². The Bertz CT molecular complexity index is 1030. The molecule has 0 spiro atoms. The zero-order chi connectivity index (χ0) is 26.9. The van der Waals surface area contributed by atoms with Crippen LogP contribution in [0.25, 0.3) is 0 Å². The van der Waals surface area contributed by atoms with Crippen molar-refractivity contribution >= 4 is 11.8 Å². The second-order valence-corrected chi connectivity index (χ2v) is 10.4. The highest BCUT2D eigenvalue weighted by molar-refractivity contribution is 5.97. The van der Waals surface area contributed by atoms with E-state index < -0.39 is 6.04 Å². The lowest BCUT2D eigenvalue weighted by molar-refractivity contribution is -0.128. The summed E-state index contributed by atoms with van der Waals surface area (Å²) in [6.07, 6.45) is 8.10. The van der Waals surface area contributed by atoms with Crippen LogP contribution in [0.4, 0.5) is 0 Å². The molecular formula is C29H41N5O4. The van der Waals surface area contributed by atoms with Gasteiger partial charge in [-0.2, -0.15) is 0 Å². The van der Waals surface area contributed by atoms with Gasteiger partial charge < -0.3 is 25.4 Å². The molecule has 1 aliphatic heterocycles. The average Bonchev–Trinajstić information content (AvgIpc) is 2.96. The number of piperidine rings is 1. The Morgan fingerprint density at radius 1 is 1.11 bits per heavy atom. The van der Waals surface area contributed by atoms with Crippen LogP contribution >= 0.6 is 0 Å². The molecule has 2 heterocycles. The van der Waals surface area contributed by atoms with Gasteiger partial charge in [0.1, 0.15) is 11.8 Å². The summed E-state index contributed by atoms with van der Waals surface area (Å²) in [5.41, 5.74) is 7.74. The molecule has 2 aromatic rings. The summed E-state index contributed by atoms with van der Waals surface area (Å²) < 4.78 is 10.7. The number of likely N-dealkylation sites (tertiary alicyclic amines) is 1. The number of hydrogen-bond acceptors (Lipinski definition) is 7. The molecule has 2 amide bonds. The van der Waals surface area contributed by atoms with Crippen molar-refractivity contribution in [3.63, 3.8) is 0 Å². The summed E-state index contributed by atoms with van der Waals surface area (Å²) in [7, 11) is 3.36. The number of amides is 2. The minimum Gasteiger partial charge on any atom is -0.497 e. The molecule has 1 unspecified atom stereocenters. The number of pyridine rings is 1. The molecule has 9 heteroatoms. The second-order valence-electron chi connectivity index (χ2n) is 10.4. The smallest absolute Gasteiger partial charge is 0.256 e. The Kier molecular flexibility index (Phi) is 10.1. The van der Waals surface area contributed by atoms with Crippen molar-refractivity contribution in [2.24, 2.45) is 5.73 Å². The van der Waals surface area contributed by atoms with E-state index in [1.807, 2.05) is 12.1 Å². The average molecular weight is 524 g/mol. The van der Waals surface area contributed by atoms with E-state index in [2.05, 4.69) is 27.3 Å². The number of aromatic nitrogens is 1. The fourth-order valence-electron chi connectivity index (χ4n) is 5.55. The Hall–Kier alpha value is -3.01. The van der Waals surface area contributed by atoms with Gasteiger partial charge >= 0.3 is 0 Å². The lowest BCUT2D eigenvalue weighted by atomic mass is 9.90. The van der Waals surface area contributed by atoms with Crippen molar-refractivity contribution in [3.8, 4) is 5.75 Å². The quantitative estimate of drug-likeness (QED) is 0.493. The summed E-state index contributed by atoms with van der Waals surface area (Å²) in [6, 6.07) is 11.4. The molecule has 206 valence electrons. The zero-order valence-electron chi connectivity index (χ0n) is 22.6. The van der Waals surface area contributed by atoms with Gasteiger partial charge in [-0.1, -0.05) is 12.1 Å². The van der Waals surface area contributed by atoms with Crippen molar-refractivity contribution in [2.45, 2.75) is 69.2 Å². The lowest BCUT2D eigenvalue weighted by Gasteiger charge is -2.43. The fourth-order valence-corrected chi connectivity index (χ4v) is 5.55. The van der Waals surface area contributed by atoms with Crippen molar-refractivity contribution in [2.75, 3.05) is 33.9 Å². The maximum absolute atomic E-state index is 13.7. The number of methoxy groups -OCH3 is 2. The predicted octanol–water partition coefficient (Wildman–Crippen LogP) is 2.60. The standard InChI is InChI=1S/C29H41N5O4/c1-37-17-16-33(20-21-5-11-26(38-2)12-6-21)25-13-15-34(29(36)22-4-3-14-31-19-22)27(18-25)28(35)32-24-9-7-23(30)8-10-24/h3-6,11-12,14,19,23-25,27H,7-10,13,15-18,20,30H2,1-2H3,(H,32,35)/t23?,24?,25?,27-/m1/s1. The molecule has 1 saturated carbocycles. The van der Waals surface area contributed by atoms with E-state index in [9.17, 15) is 9.59 Å². The maximum Gasteiger partial charge on any atom is 0.256 e. The van der Waals surface area contributed by atoms with Gasteiger partial charge in [-0.05, 0) is 68.4 Å². The number of nitrogens with two attached hydrogens (primary N) is 1. The van der Waals surface area contributed by atoms with E-state index in [0.29, 0.717) is 25.1 Å². The van der Waals surface area contributed by atoms with E-state index in [0.717, 1.165) is 56.5 Å². The van der Waals surface area contributed by atoms with E-state index in [1.54, 1.807) is 43.6 Å². The number of rotatable bonds is 10. The highest BCUT2D eigenvalue weighted by Crippen LogP contribution is 2.27. The third kappa shape index (κ3) is 7.30. The highest BCUT2D eigenvalue weighted by atomic mass is 16.5. The third-order valence-electron chi connectivity index (χ3n) is 7.81. The first-order chi connectivity index (χ1) is 18.5. The summed E-state index contributed by atoms with van der Waals surface area (Å²) >= 11 is 0. The minimum atomic E-state index is -0.557. The highest BCUT2D eigenvalue weighted by Gasteiger charge is 2.39. The number of ether oxygens (including phenoxy) is 2. The second kappa shape index (κ2) is 13.7. The first kappa shape index (κ1) is 28.0. The van der Waals surface area contributed by atoms with Crippen LogP contribution in [0.15, 0.2) is 48.8 Å². The molecule has 2 aliphatic rings. The summed E-state index contributed by atoms with van der Waals surface area (Å²) in [6.45, 7) is 2.55. The van der Waals surface area contributed by atoms with Gasteiger partial charge in [0, 0.05) is 57.3 Å². The molecule has 1 aliphatic carbocycles. The summed E-state index contributed by atoms with van der Waals surface area (Å²) in [4.78, 5) is 35.4. The van der Waals surface area contributed by atoms with Gasteiger partial charge in [-0.25, -0.2) is 0 Å². The van der Waals surface area contributed by atoms with Crippen molar-refractivity contribution in [1.82, 2.24) is 20.1 Å². The molecule has 2 atom stereocenters. The van der Waals surface area contributed by atoms with Crippen LogP contribution in [0.5, 0.6) is 5.75 Å². The molecule has 2 fully saturated rings. The molecule has 38 heavy (non-hydrogen) atoms. The van der Waals surface area contributed by atoms with E-state index in [1.165, 1.54) is 0 Å². The predicted molar refractivity (Wildman–Crippen MR) is 146 cm³/mol. The first-order valence-electron chi connectivity index (χ1n) is 13.6. The van der Waals surface area contributed by atoms with Gasteiger partial charge in [0.15, 0.2) is 0 Å². The fraction of sp³-hybridized carbons (Fsp3) is 0.552. The molecule has 9 nitrogen and oxygen atoms in total. The van der Waals surface area contributed by atoms with Gasteiger partial charge in [-0.3, -0.25) is 19.5 Å². The van der Waals surface area contributed by atoms with Gasteiger partial charge in [0.05, 0.1) is 19.3 Å². The SMILES string of the molecule is COCCN(Cc1ccc(OC)cc1)C1CCN(C(=O)c2cccnc2)[C@@H](C(=O)NC2CCC(N)CC2)C1. The normalized spacial score (nSPS) is 23.7. The number of carbonyl (C=O) groups is 2. The van der Waals surface area contributed by atoms with Crippen LogP contribution in [0.2, 0.25) is 0 Å². The topological polar surface area (TPSA) is 110 Å². The van der Waals surface area contributed by atoms with Crippen LogP contribution in [-0.2, 0) is 16.1 Å². The molecule has 0 radical (unpaired) electrons. The Morgan fingerprint density at radius 3 is 2.53 bits per heavy atom. The molecule has 1 saturated heterocycles. The van der Waals surface area contributed by atoms with E-state index >= 15 is 0 Å². The lowest BCUT2D eigenvalue weighted by Crippen LogP contribution is -2.58. The molecule has 1 aromatic carbocycles. The van der Waals surface area contributed by atoms with Crippen LogP contribution in [0.1, 0.15) is 54.4 Å². The van der Waals surface area contributed by atoms with Crippen molar-refractivity contribution in [3.05, 3.63) is 59.9 Å². The van der Waals surface area contributed by atoms with Gasteiger partial charge in [-0.15, -0.1) is 0 Å². The molecular weight excluding hydrogens is 482 g/mol. The number of nitrogens with one attached hydrogen (secondary N) is 1. The largest absolute Gasteiger partial charge is 0.497 e. The molecule has 1 aromatic heterocycles. The molecule has 0 bridgehead atoms. The first-order valence-corrected chi connectivity index (χ1v) is 13.6. The monoisotopic (exact) mass is 523 g/mol. The number of benzene rings is 1. The van der Waals surface area contributed by atoms with Gasteiger partial charge in [0.2, 0.25) is 5.91 Å². The Morgan fingerprint density at radius 2 is 1.87 bits per heavy atom. The number of hydrogen-bond donors (Lipinski definition) is 2. The zero-order valence-corrected chi connectivity index (χ0v) is 22.6. The third-order valence-corrected chi connectivity index (χ3v) is 7.81. The number of carbonyl (C=O) groups excluding carboxylic acids is 2. The van der Waals surface area contributed by atoms with Crippen molar-refractivity contribution in [1.29, 1.82) is 0 Å². The summed E-state index contributed by atoms with van der Waals surface area (Å²) in [5.74, 6) is 0.587. The summed E-state index contributed by atoms with van der Waals surface area (Å²) in [5, 5.41) is 3.25. The van der Waals surface area contributed by atoms with Gasteiger partial charge in [0.25, 0.3) is 5.91 Å². The van der Waals surface area contributed by atoms with Crippen LogP contribution in [0, 0.1) is 0 Å². The Balaban J connectivity index is 1.52.